The van der Waals surface area contributed by atoms with Gasteiger partial charge < -0.3 is 5.32 Å². The largest absolute Gasteiger partial charge is 0.322 e. The minimum absolute atomic E-state index is 0.0763. The standard InChI is InChI=1S/C26H22N2O4S/c1-16-4-3-5-19(14-16)25(31)27-20-8-12-22(13-9-20)33-23-15-24(30)28(26(23)32)21-10-6-18(7-11-21)17(2)29/h3-14,23H,15H2,1-2H3,(H,27,31). The highest BCUT2D eigenvalue weighted by molar-refractivity contribution is 8.00. The van der Waals surface area contributed by atoms with E-state index in [1.54, 1.807) is 42.5 Å². The molecule has 1 N–H and O–H groups in total. The fraction of sp³-hybridized carbons (Fsp3) is 0.154. The minimum atomic E-state index is -0.530. The van der Waals surface area contributed by atoms with Crippen LogP contribution in [0.1, 0.15) is 39.6 Å². The number of Topliss-reactive ketones (excluding diaryl/α,β-unsaturated/α-hetero) is 1. The molecule has 1 heterocycles. The van der Waals surface area contributed by atoms with Crippen LogP contribution >= 0.6 is 11.8 Å². The number of rotatable bonds is 6. The van der Waals surface area contributed by atoms with E-state index in [-0.39, 0.29) is 29.9 Å². The van der Waals surface area contributed by atoms with Crippen molar-refractivity contribution in [3.63, 3.8) is 0 Å². The first-order valence-electron chi connectivity index (χ1n) is 10.4. The van der Waals surface area contributed by atoms with E-state index in [0.29, 0.717) is 22.5 Å². The van der Waals surface area contributed by atoms with E-state index in [1.807, 2.05) is 37.3 Å². The van der Waals surface area contributed by atoms with Crippen LogP contribution in [0.15, 0.2) is 77.7 Å². The predicted molar refractivity (Wildman–Crippen MR) is 129 cm³/mol. The molecule has 3 aromatic rings. The number of aryl methyl sites for hydroxylation is 1. The highest BCUT2D eigenvalue weighted by atomic mass is 32.2. The monoisotopic (exact) mass is 458 g/mol. The van der Waals surface area contributed by atoms with Gasteiger partial charge >= 0.3 is 0 Å². The molecule has 166 valence electrons. The van der Waals surface area contributed by atoms with Crippen molar-refractivity contribution in [2.75, 3.05) is 10.2 Å². The molecular formula is C26H22N2O4S. The van der Waals surface area contributed by atoms with Gasteiger partial charge in [-0.15, -0.1) is 11.8 Å². The van der Waals surface area contributed by atoms with Gasteiger partial charge in [-0.3, -0.25) is 19.2 Å². The lowest BCUT2D eigenvalue weighted by Crippen LogP contribution is -2.31. The zero-order chi connectivity index (χ0) is 23.5. The van der Waals surface area contributed by atoms with Crippen molar-refractivity contribution >= 4 is 46.6 Å². The number of thioether (sulfide) groups is 1. The number of imide groups is 1. The fourth-order valence-corrected chi connectivity index (χ4v) is 4.64. The highest BCUT2D eigenvalue weighted by Crippen LogP contribution is 2.34. The molecule has 1 aliphatic heterocycles. The zero-order valence-electron chi connectivity index (χ0n) is 18.2. The maximum atomic E-state index is 12.9. The van der Waals surface area contributed by atoms with Crippen LogP contribution in [0.25, 0.3) is 0 Å². The summed E-state index contributed by atoms with van der Waals surface area (Å²) < 4.78 is 0. The van der Waals surface area contributed by atoms with Gasteiger partial charge in [-0.25, -0.2) is 4.90 Å². The molecule has 1 fully saturated rings. The number of carbonyl (C=O) groups is 4. The first kappa shape index (κ1) is 22.5. The van der Waals surface area contributed by atoms with Gasteiger partial charge in [0.15, 0.2) is 5.78 Å². The van der Waals surface area contributed by atoms with E-state index < -0.39 is 5.25 Å². The molecular weight excluding hydrogens is 436 g/mol. The number of amides is 3. The van der Waals surface area contributed by atoms with Crippen LogP contribution in [-0.4, -0.2) is 28.8 Å². The first-order valence-corrected chi connectivity index (χ1v) is 11.3. The normalized spacial score (nSPS) is 15.6. The maximum absolute atomic E-state index is 12.9. The molecule has 0 spiro atoms. The second-order valence-electron chi connectivity index (χ2n) is 7.83. The topological polar surface area (TPSA) is 83.6 Å². The lowest BCUT2D eigenvalue weighted by atomic mass is 10.1. The summed E-state index contributed by atoms with van der Waals surface area (Å²) in [6.45, 7) is 3.40. The number of anilines is 2. The molecule has 1 saturated heterocycles. The number of nitrogens with one attached hydrogen (secondary N) is 1. The van der Waals surface area contributed by atoms with Crippen molar-refractivity contribution in [2.45, 2.75) is 30.4 Å². The molecule has 0 radical (unpaired) electrons. The Morgan fingerprint density at radius 1 is 0.939 bits per heavy atom. The van der Waals surface area contributed by atoms with Crippen molar-refractivity contribution in [1.29, 1.82) is 0 Å². The Kier molecular flexibility index (Phi) is 6.42. The van der Waals surface area contributed by atoms with Gasteiger partial charge in [0.25, 0.3) is 5.91 Å². The van der Waals surface area contributed by atoms with E-state index >= 15 is 0 Å². The van der Waals surface area contributed by atoms with Gasteiger partial charge in [0.2, 0.25) is 11.8 Å². The smallest absolute Gasteiger partial charge is 0.255 e. The molecule has 1 atom stereocenters. The second kappa shape index (κ2) is 9.42. The van der Waals surface area contributed by atoms with Crippen LogP contribution < -0.4 is 10.2 Å². The average Bonchev–Trinajstić information content (AvgIpc) is 3.07. The van der Waals surface area contributed by atoms with E-state index in [0.717, 1.165) is 10.5 Å². The molecule has 0 bridgehead atoms. The summed E-state index contributed by atoms with van der Waals surface area (Å²) in [6, 6.07) is 21.0. The van der Waals surface area contributed by atoms with E-state index in [1.165, 1.54) is 23.6 Å². The molecule has 0 aliphatic carbocycles. The van der Waals surface area contributed by atoms with E-state index in [4.69, 9.17) is 0 Å². The maximum Gasteiger partial charge on any atom is 0.255 e. The molecule has 6 nitrogen and oxygen atoms in total. The Balaban J connectivity index is 1.41. The summed E-state index contributed by atoms with van der Waals surface area (Å²) in [4.78, 5) is 51.3. The van der Waals surface area contributed by atoms with Gasteiger partial charge in [-0.1, -0.05) is 17.7 Å². The molecule has 0 aromatic heterocycles. The van der Waals surface area contributed by atoms with E-state index in [2.05, 4.69) is 5.32 Å². The number of hydrogen-bond acceptors (Lipinski definition) is 5. The lowest BCUT2D eigenvalue weighted by molar-refractivity contribution is -0.121. The molecule has 1 aliphatic rings. The summed E-state index contributed by atoms with van der Waals surface area (Å²) in [5, 5.41) is 2.33. The third-order valence-electron chi connectivity index (χ3n) is 5.31. The van der Waals surface area contributed by atoms with Crippen LogP contribution in [-0.2, 0) is 9.59 Å². The fourth-order valence-electron chi connectivity index (χ4n) is 3.58. The van der Waals surface area contributed by atoms with Crippen molar-refractivity contribution < 1.29 is 19.2 Å². The molecule has 1 unspecified atom stereocenters. The van der Waals surface area contributed by atoms with Crippen molar-refractivity contribution in [3.8, 4) is 0 Å². The second-order valence-corrected chi connectivity index (χ2v) is 9.11. The van der Waals surface area contributed by atoms with Crippen LogP contribution in [0.3, 0.4) is 0 Å². The van der Waals surface area contributed by atoms with Crippen LogP contribution in [0.5, 0.6) is 0 Å². The molecule has 0 saturated carbocycles. The summed E-state index contributed by atoms with van der Waals surface area (Å²) in [5.41, 5.74) is 3.23. The third kappa shape index (κ3) is 5.04. The number of benzene rings is 3. The van der Waals surface area contributed by atoms with Gasteiger partial charge in [-0.05, 0) is 74.5 Å². The molecule has 33 heavy (non-hydrogen) atoms. The van der Waals surface area contributed by atoms with E-state index in [9.17, 15) is 19.2 Å². The van der Waals surface area contributed by atoms with Crippen molar-refractivity contribution in [1.82, 2.24) is 0 Å². The van der Waals surface area contributed by atoms with Gasteiger partial charge in [-0.2, -0.15) is 0 Å². The Labute approximate surface area is 196 Å². The predicted octanol–water partition coefficient (Wildman–Crippen LogP) is 4.87. The molecule has 4 rings (SSSR count). The van der Waals surface area contributed by atoms with Gasteiger partial charge in [0.05, 0.1) is 10.9 Å². The van der Waals surface area contributed by atoms with Crippen molar-refractivity contribution in [2.24, 2.45) is 0 Å². The quantitative estimate of drug-likeness (QED) is 0.421. The molecule has 7 heteroatoms. The Bertz CT molecular complexity index is 1240. The minimum Gasteiger partial charge on any atom is -0.322 e. The summed E-state index contributed by atoms with van der Waals surface area (Å²) in [5.74, 6) is -0.817. The van der Waals surface area contributed by atoms with Crippen molar-refractivity contribution in [3.05, 3.63) is 89.5 Å². The third-order valence-corrected chi connectivity index (χ3v) is 6.51. The lowest BCUT2D eigenvalue weighted by Gasteiger charge is -2.15. The zero-order valence-corrected chi connectivity index (χ0v) is 19.0. The first-order chi connectivity index (χ1) is 15.8. The summed E-state index contributed by atoms with van der Waals surface area (Å²) in [7, 11) is 0. The molecule has 3 aromatic carbocycles. The molecule has 3 amide bonds. The number of carbonyl (C=O) groups excluding carboxylic acids is 4. The Morgan fingerprint density at radius 2 is 1.64 bits per heavy atom. The Hall–Kier alpha value is -3.71. The average molecular weight is 459 g/mol. The summed E-state index contributed by atoms with van der Waals surface area (Å²) >= 11 is 1.32. The SMILES string of the molecule is CC(=O)c1ccc(N2C(=O)CC(Sc3ccc(NC(=O)c4cccc(C)c4)cc3)C2=O)cc1. The van der Waals surface area contributed by atoms with Crippen LogP contribution in [0.4, 0.5) is 11.4 Å². The highest BCUT2D eigenvalue weighted by Gasteiger charge is 2.40. The van der Waals surface area contributed by atoms with Crippen LogP contribution in [0, 0.1) is 6.92 Å². The van der Waals surface area contributed by atoms with Gasteiger partial charge in [0, 0.05) is 28.1 Å². The number of ketones is 1. The van der Waals surface area contributed by atoms with Gasteiger partial charge in [0.1, 0.15) is 0 Å². The Morgan fingerprint density at radius 3 is 2.27 bits per heavy atom. The number of nitrogens with zero attached hydrogens (tertiary/aromatic N) is 1. The van der Waals surface area contributed by atoms with Crippen LogP contribution in [0.2, 0.25) is 0 Å². The number of hydrogen-bond donors (Lipinski definition) is 1. The summed E-state index contributed by atoms with van der Waals surface area (Å²) in [6.07, 6.45) is 0.101.